The van der Waals surface area contributed by atoms with Gasteiger partial charge in [0.1, 0.15) is 23.5 Å². The van der Waals surface area contributed by atoms with Gasteiger partial charge in [0.25, 0.3) is 0 Å². The molecule has 1 N–H and O–H groups in total. The van der Waals surface area contributed by atoms with Gasteiger partial charge in [-0.15, -0.1) is 0 Å². The Morgan fingerprint density at radius 2 is 2.00 bits per heavy atom. The standard InChI is InChI=1S/C26H24F2N6O4/c27-18-10-16(15-2-1-3-15)4-5-17(18)13-34-22(20-6-8-38-32-20)11-21(31-34)24-29-12-19(28)25(30-24)33-7-9-37-14-23(33)26(35)36/h4-6,8,10-12,15,23H,1-3,7,9,13-14H2,(H,35,36)/t23-/m1/s1. The molecule has 1 saturated heterocycles. The van der Waals surface area contributed by atoms with Crippen molar-refractivity contribution in [2.45, 2.75) is 37.8 Å². The predicted octanol–water partition coefficient (Wildman–Crippen LogP) is 3.88. The number of nitrogens with zero attached hydrogens (tertiary/aromatic N) is 6. The van der Waals surface area contributed by atoms with Gasteiger partial charge in [-0.2, -0.15) is 5.10 Å². The summed E-state index contributed by atoms with van der Waals surface area (Å²) in [5.41, 5.74) is 2.74. The molecule has 2 aliphatic rings. The van der Waals surface area contributed by atoms with Crippen LogP contribution in [0.5, 0.6) is 0 Å². The number of hydrogen-bond acceptors (Lipinski definition) is 8. The zero-order chi connectivity index (χ0) is 26.2. The van der Waals surface area contributed by atoms with E-state index in [0.29, 0.717) is 22.9 Å². The summed E-state index contributed by atoms with van der Waals surface area (Å²) >= 11 is 0. The van der Waals surface area contributed by atoms with Gasteiger partial charge >= 0.3 is 5.97 Å². The first kappa shape index (κ1) is 24.2. The van der Waals surface area contributed by atoms with Gasteiger partial charge in [-0.25, -0.2) is 23.5 Å². The van der Waals surface area contributed by atoms with Crippen molar-refractivity contribution in [3.05, 3.63) is 65.6 Å². The zero-order valence-electron chi connectivity index (χ0n) is 20.3. The molecule has 4 heterocycles. The Labute approximate surface area is 215 Å². The smallest absolute Gasteiger partial charge is 0.328 e. The number of aromatic nitrogens is 5. The van der Waals surface area contributed by atoms with Crippen LogP contribution in [-0.4, -0.2) is 61.8 Å². The molecule has 1 saturated carbocycles. The zero-order valence-corrected chi connectivity index (χ0v) is 20.3. The number of morpholine rings is 1. The summed E-state index contributed by atoms with van der Waals surface area (Å²) in [4.78, 5) is 21.5. The van der Waals surface area contributed by atoms with Gasteiger partial charge in [0, 0.05) is 18.2 Å². The minimum Gasteiger partial charge on any atom is -0.480 e. The lowest BCUT2D eigenvalue weighted by atomic mass is 9.80. The van der Waals surface area contributed by atoms with Crippen molar-refractivity contribution in [2.75, 3.05) is 24.7 Å². The molecule has 12 heteroatoms. The number of anilines is 1. The van der Waals surface area contributed by atoms with E-state index < -0.39 is 17.8 Å². The van der Waals surface area contributed by atoms with Crippen molar-refractivity contribution in [3.8, 4) is 22.9 Å². The highest BCUT2D eigenvalue weighted by Gasteiger charge is 2.32. The number of halogens is 2. The maximum Gasteiger partial charge on any atom is 0.328 e. The average Bonchev–Trinajstić information content (AvgIpc) is 3.55. The first-order valence-corrected chi connectivity index (χ1v) is 12.3. The molecule has 0 amide bonds. The number of carbonyl (C=O) groups is 1. The van der Waals surface area contributed by atoms with Gasteiger partial charge in [-0.1, -0.05) is 23.7 Å². The van der Waals surface area contributed by atoms with Crippen molar-refractivity contribution < 1.29 is 27.9 Å². The molecule has 0 bridgehead atoms. The highest BCUT2D eigenvalue weighted by molar-refractivity contribution is 5.78. The molecule has 1 aliphatic heterocycles. The van der Waals surface area contributed by atoms with Crippen LogP contribution in [-0.2, 0) is 16.1 Å². The van der Waals surface area contributed by atoms with Gasteiger partial charge in [0.2, 0.25) is 0 Å². The van der Waals surface area contributed by atoms with Crippen molar-refractivity contribution >= 4 is 11.8 Å². The molecule has 1 aliphatic carbocycles. The number of benzene rings is 1. The Hall–Kier alpha value is -4.19. The fourth-order valence-electron chi connectivity index (χ4n) is 4.79. The number of ether oxygens (including phenoxy) is 1. The van der Waals surface area contributed by atoms with Gasteiger partial charge in [-0.3, -0.25) is 4.68 Å². The number of carboxylic acid groups (broad SMARTS) is 1. The molecule has 4 aromatic rings. The summed E-state index contributed by atoms with van der Waals surface area (Å²) in [6.45, 7) is 0.402. The molecule has 2 fully saturated rings. The van der Waals surface area contributed by atoms with E-state index in [9.17, 15) is 14.3 Å². The van der Waals surface area contributed by atoms with Crippen LogP contribution in [0.4, 0.5) is 14.6 Å². The highest BCUT2D eigenvalue weighted by atomic mass is 19.1. The topological polar surface area (TPSA) is 119 Å². The van der Waals surface area contributed by atoms with E-state index in [4.69, 9.17) is 9.26 Å². The lowest BCUT2D eigenvalue weighted by Gasteiger charge is -2.33. The normalized spacial score (nSPS) is 17.9. The van der Waals surface area contributed by atoms with Gasteiger partial charge < -0.3 is 19.3 Å². The first-order valence-electron chi connectivity index (χ1n) is 12.3. The number of aliphatic carboxylic acids is 1. The van der Waals surface area contributed by atoms with Gasteiger partial charge in [0.05, 0.1) is 31.6 Å². The third-order valence-corrected chi connectivity index (χ3v) is 7.09. The molecule has 1 atom stereocenters. The lowest BCUT2D eigenvalue weighted by molar-refractivity contribution is -0.141. The largest absolute Gasteiger partial charge is 0.480 e. The second-order valence-electron chi connectivity index (χ2n) is 9.42. The van der Waals surface area contributed by atoms with Crippen LogP contribution in [0.15, 0.2) is 47.3 Å². The van der Waals surface area contributed by atoms with Crippen LogP contribution in [0.25, 0.3) is 22.9 Å². The molecule has 6 rings (SSSR count). The van der Waals surface area contributed by atoms with Crippen LogP contribution in [0.1, 0.15) is 36.3 Å². The van der Waals surface area contributed by atoms with Crippen molar-refractivity contribution in [1.82, 2.24) is 24.9 Å². The highest BCUT2D eigenvalue weighted by Crippen LogP contribution is 2.37. The summed E-state index contributed by atoms with van der Waals surface area (Å²) in [6.07, 6.45) is 5.72. The summed E-state index contributed by atoms with van der Waals surface area (Å²) in [7, 11) is 0. The third-order valence-electron chi connectivity index (χ3n) is 7.09. The van der Waals surface area contributed by atoms with Crippen LogP contribution in [0.3, 0.4) is 0 Å². The second kappa shape index (κ2) is 9.93. The first-order chi connectivity index (χ1) is 18.5. The van der Waals surface area contributed by atoms with E-state index in [1.165, 1.54) is 17.6 Å². The van der Waals surface area contributed by atoms with E-state index >= 15 is 4.39 Å². The maximum atomic E-state index is 15.1. The monoisotopic (exact) mass is 522 g/mol. The second-order valence-corrected chi connectivity index (χ2v) is 9.42. The number of carboxylic acids is 1. The summed E-state index contributed by atoms with van der Waals surface area (Å²) in [5, 5.41) is 18.2. The van der Waals surface area contributed by atoms with E-state index in [0.717, 1.165) is 24.6 Å². The molecule has 10 nitrogen and oxygen atoms in total. The molecule has 38 heavy (non-hydrogen) atoms. The minimum absolute atomic E-state index is 0.0846. The van der Waals surface area contributed by atoms with Crippen LogP contribution < -0.4 is 4.90 Å². The van der Waals surface area contributed by atoms with Crippen LogP contribution >= 0.6 is 0 Å². The minimum atomic E-state index is -1.15. The molecule has 1 aromatic carbocycles. The molecular formula is C26H24F2N6O4. The predicted molar refractivity (Wildman–Crippen MR) is 130 cm³/mol. The molecule has 0 radical (unpaired) electrons. The van der Waals surface area contributed by atoms with E-state index in [1.807, 2.05) is 6.07 Å². The Kier molecular flexibility index (Phi) is 6.32. The fraction of sp³-hybridized carbons (Fsp3) is 0.346. The van der Waals surface area contributed by atoms with Gasteiger partial charge in [0.15, 0.2) is 23.5 Å². The van der Waals surface area contributed by atoms with Crippen molar-refractivity contribution in [2.24, 2.45) is 0 Å². The van der Waals surface area contributed by atoms with Crippen molar-refractivity contribution in [3.63, 3.8) is 0 Å². The lowest BCUT2D eigenvalue weighted by Crippen LogP contribution is -2.50. The molecular weight excluding hydrogens is 498 g/mol. The molecule has 0 unspecified atom stereocenters. The van der Waals surface area contributed by atoms with Crippen LogP contribution in [0, 0.1) is 11.6 Å². The maximum absolute atomic E-state index is 15.1. The van der Waals surface area contributed by atoms with E-state index in [2.05, 4.69) is 20.2 Å². The number of hydrogen-bond donors (Lipinski definition) is 1. The van der Waals surface area contributed by atoms with Crippen LogP contribution in [0.2, 0.25) is 0 Å². The molecule has 3 aromatic heterocycles. The third kappa shape index (κ3) is 4.51. The number of rotatable bonds is 7. The Bertz CT molecular complexity index is 1470. The summed E-state index contributed by atoms with van der Waals surface area (Å²) < 4.78 is 41.7. The molecule has 0 spiro atoms. The Balaban J connectivity index is 1.36. The quantitative estimate of drug-likeness (QED) is 0.386. The Morgan fingerprint density at radius 1 is 1.13 bits per heavy atom. The van der Waals surface area contributed by atoms with Gasteiger partial charge in [-0.05, 0) is 36.5 Å². The van der Waals surface area contributed by atoms with E-state index in [1.54, 1.807) is 28.9 Å². The molecule has 196 valence electrons. The summed E-state index contributed by atoms with van der Waals surface area (Å²) in [6, 6.07) is 7.54. The SMILES string of the molecule is O=C(O)[C@H]1COCCN1c1nc(-c2cc(-c3ccon3)n(Cc3ccc(C4CCC4)cc3F)n2)ncc1F. The van der Waals surface area contributed by atoms with Crippen molar-refractivity contribution in [1.29, 1.82) is 0 Å². The summed E-state index contributed by atoms with van der Waals surface area (Å²) in [5.74, 6) is -1.87. The average molecular weight is 523 g/mol. The fourth-order valence-corrected chi connectivity index (χ4v) is 4.79. The van der Waals surface area contributed by atoms with E-state index in [-0.39, 0.29) is 49.5 Å². The Morgan fingerprint density at radius 3 is 2.71 bits per heavy atom.